The number of carboxylic acids is 1. The molecule has 1 aromatic heterocycles. The number of aryl methyl sites for hydroxylation is 1. The monoisotopic (exact) mass is 237 g/mol. The van der Waals surface area contributed by atoms with E-state index in [4.69, 9.17) is 10.5 Å². The average Bonchev–Trinajstić information content (AvgIpc) is 2.25. The Morgan fingerprint density at radius 2 is 2.29 bits per heavy atom. The number of carbonyl (C=O) groups is 1. The van der Waals surface area contributed by atoms with Crippen LogP contribution in [0.1, 0.15) is 12.5 Å². The van der Waals surface area contributed by atoms with Crippen molar-refractivity contribution in [3.05, 3.63) is 34.9 Å². The van der Waals surface area contributed by atoms with Gasteiger partial charge in [-0.15, -0.1) is 0 Å². The Labute approximate surface area is 97.5 Å². The topological polar surface area (TPSA) is 86.1 Å². The third-order valence-corrected chi connectivity index (χ3v) is 2.17. The van der Waals surface area contributed by atoms with Crippen LogP contribution in [0.5, 0.6) is 0 Å². The molecule has 0 aromatic carbocycles. The molecule has 90 valence electrons. The standard InChI is InChI=1S/C11H12FN3O2/c1-6-3-4-14-10(9(6)12)15-7(2)8(5-13)11(16)17/h3-5,13H,1-2H3,(H,14,15)(H,16,17)/b8-7+,13-5?. The highest BCUT2D eigenvalue weighted by Gasteiger charge is 2.11. The van der Waals surface area contributed by atoms with Gasteiger partial charge in [0, 0.05) is 18.1 Å². The van der Waals surface area contributed by atoms with Crippen LogP contribution in [0.2, 0.25) is 0 Å². The van der Waals surface area contributed by atoms with E-state index in [-0.39, 0.29) is 17.1 Å². The summed E-state index contributed by atoms with van der Waals surface area (Å²) in [6.07, 6.45) is 2.11. The van der Waals surface area contributed by atoms with Crippen LogP contribution in [0.25, 0.3) is 0 Å². The molecule has 0 aliphatic rings. The minimum absolute atomic E-state index is 0.0527. The molecule has 1 aromatic rings. The van der Waals surface area contributed by atoms with Gasteiger partial charge in [-0.1, -0.05) is 0 Å². The molecule has 0 aliphatic carbocycles. The number of allylic oxidation sites excluding steroid dienone is 1. The highest BCUT2D eigenvalue weighted by atomic mass is 19.1. The van der Waals surface area contributed by atoms with E-state index in [9.17, 15) is 9.18 Å². The first-order valence-corrected chi connectivity index (χ1v) is 4.80. The molecular weight excluding hydrogens is 225 g/mol. The van der Waals surface area contributed by atoms with E-state index in [2.05, 4.69) is 10.3 Å². The van der Waals surface area contributed by atoms with Crippen LogP contribution in [-0.4, -0.2) is 22.3 Å². The van der Waals surface area contributed by atoms with Gasteiger partial charge < -0.3 is 15.8 Å². The zero-order valence-electron chi connectivity index (χ0n) is 9.41. The molecule has 0 saturated carbocycles. The number of nitrogens with one attached hydrogen (secondary N) is 2. The van der Waals surface area contributed by atoms with Gasteiger partial charge in [-0.05, 0) is 25.5 Å². The summed E-state index contributed by atoms with van der Waals surface area (Å²) in [6.45, 7) is 3.02. The van der Waals surface area contributed by atoms with Crippen molar-refractivity contribution in [2.45, 2.75) is 13.8 Å². The molecule has 0 fully saturated rings. The zero-order chi connectivity index (χ0) is 13.0. The maximum atomic E-state index is 13.6. The lowest BCUT2D eigenvalue weighted by atomic mass is 10.2. The highest BCUT2D eigenvalue weighted by Crippen LogP contribution is 2.16. The Morgan fingerprint density at radius 1 is 1.65 bits per heavy atom. The largest absolute Gasteiger partial charge is 0.478 e. The Balaban J connectivity index is 3.10. The summed E-state index contributed by atoms with van der Waals surface area (Å²) in [5.74, 6) is -1.84. The molecule has 5 nitrogen and oxygen atoms in total. The number of rotatable bonds is 4. The fourth-order valence-corrected chi connectivity index (χ4v) is 1.20. The molecule has 6 heteroatoms. The third-order valence-electron chi connectivity index (χ3n) is 2.17. The van der Waals surface area contributed by atoms with Gasteiger partial charge in [0.2, 0.25) is 0 Å². The number of nitrogens with zero attached hydrogens (tertiary/aromatic N) is 1. The predicted molar refractivity (Wildman–Crippen MR) is 61.7 cm³/mol. The third kappa shape index (κ3) is 2.87. The number of hydrogen-bond acceptors (Lipinski definition) is 4. The second-order valence-corrected chi connectivity index (χ2v) is 3.40. The van der Waals surface area contributed by atoms with Gasteiger partial charge in [0.05, 0.1) is 5.57 Å². The minimum atomic E-state index is -1.25. The molecule has 1 heterocycles. The zero-order valence-corrected chi connectivity index (χ0v) is 9.41. The quantitative estimate of drug-likeness (QED) is 0.551. The number of aromatic nitrogens is 1. The second-order valence-electron chi connectivity index (χ2n) is 3.40. The van der Waals surface area contributed by atoms with Crippen molar-refractivity contribution in [2.75, 3.05) is 5.32 Å². The lowest BCUT2D eigenvalue weighted by Crippen LogP contribution is -2.11. The molecule has 0 amide bonds. The van der Waals surface area contributed by atoms with Crippen LogP contribution >= 0.6 is 0 Å². The van der Waals surface area contributed by atoms with Crippen molar-refractivity contribution in [1.82, 2.24) is 4.98 Å². The average molecular weight is 237 g/mol. The van der Waals surface area contributed by atoms with Crippen molar-refractivity contribution in [3.63, 3.8) is 0 Å². The van der Waals surface area contributed by atoms with E-state index in [1.165, 1.54) is 19.2 Å². The number of hydrogen-bond donors (Lipinski definition) is 3. The van der Waals surface area contributed by atoms with Crippen molar-refractivity contribution in [2.24, 2.45) is 0 Å². The van der Waals surface area contributed by atoms with Crippen molar-refractivity contribution >= 4 is 18.0 Å². The molecule has 1 rings (SSSR count). The molecule has 0 spiro atoms. The second kappa shape index (κ2) is 5.20. The first kappa shape index (κ1) is 12.8. The van der Waals surface area contributed by atoms with E-state index in [1.807, 2.05) is 0 Å². The van der Waals surface area contributed by atoms with Gasteiger partial charge in [0.1, 0.15) is 0 Å². The van der Waals surface area contributed by atoms with E-state index in [0.29, 0.717) is 11.8 Å². The van der Waals surface area contributed by atoms with E-state index in [1.54, 1.807) is 6.92 Å². The maximum absolute atomic E-state index is 13.6. The van der Waals surface area contributed by atoms with Crippen LogP contribution < -0.4 is 5.32 Å². The highest BCUT2D eigenvalue weighted by molar-refractivity contribution is 6.08. The molecule has 0 bridgehead atoms. The van der Waals surface area contributed by atoms with Gasteiger partial charge in [-0.2, -0.15) is 0 Å². The normalized spacial score (nSPS) is 11.7. The Hall–Kier alpha value is -2.24. The Kier molecular flexibility index (Phi) is 3.92. The number of anilines is 1. The summed E-state index contributed by atoms with van der Waals surface area (Å²) in [4.78, 5) is 14.5. The van der Waals surface area contributed by atoms with Gasteiger partial charge in [0.15, 0.2) is 11.6 Å². The summed E-state index contributed by atoms with van der Waals surface area (Å²) < 4.78 is 13.6. The molecule has 0 unspecified atom stereocenters. The minimum Gasteiger partial charge on any atom is -0.478 e. The van der Waals surface area contributed by atoms with Crippen LogP contribution in [0, 0.1) is 18.2 Å². The molecule has 17 heavy (non-hydrogen) atoms. The summed E-state index contributed by atoms with van der Waals surface area (Å²) in [5, 5.41) is 18.3. The summed E-state index contributed by atoms with van der Waals surface area (Å²) in [7, 11) is 0. The Bertz CT molecular complexity index is 497. The van der Waals surface area contributed by atoms with Crippen LogP contribution in [-0.2, 0) is 4.79 Å². The van der Waals surface area contributed by atoms with Gasteiger partial charge in [-0.25, -0.2) is 14.2 Å². The number of carboxylic acid groups (broad SMARTS) is 1. The first-order valence-electron chi connectivity index (χ1n) is 4.80. The predicted octanol–water partition coefficient (Wildman–Crippen LogP) is 1.95. The lowest BCUT2D eigenvalue weighted by molar-refractivity contribution is -0.132. The molecule has 3 N–H and O–H groups in total. The lowest BCUT2D eigenvalue weighted by Gasteiger charge is -2.09. The number of halogens is 1. The molecular formula is C11H12FN3O2. The smallest absolute Gasteiger partial charge is 0.339 e. The number of pyridine rings is 1. The molecule has 0 radical (unpaired) electrons. The van der Waals surface area contributed by atoms with E-state index < -0.39 is 11.8 Å². The van der Waals surface area contributed by atoms with E-state index in [0.717, 1.165) is 0 Å². The van der Waals surface area contributed by atoms with Crippen molar-refractivity contribution < 1.29 is 14.3 Å². The van der Waals surface area contributed by atoms with Gasteiger partial charge in [0.25, 0.3) is 0 Å². The fourth-order valence-electron chi connectivity index (χ4n) is 1.20. The summed E-state index contributed by atoms with van der Waals surface area (Å²) in [5.41, 5.74) is 0.319. The Morgan fingerprint density at radius 3 is 2.82 bits per heavy atom. The summed E-state index contributed by atoms with van der Waals surface area (Å²) in [6, 6.07) is 1.51. The van der Waals surface area contributed by atoms with Crippen LogP contribution in [0.4, 0.5) is 10.2 Å². The first-order chi connectivity index (χ1) is 7.97. The molecule has 0 atom stereocenters. The van der Waals surface area contributed by atoms with E-state index >= 15 is 0 Å². The van der Waals surface area contributed by atoms with Crippen molar-refractivity contribution in [1.29, 1.82) is 5.41 Å². The fraction of sp³-hybridized carbons (Fsp3) is 0.182. The SMILES string of the molecule is C/C(Nc1nccc(C)c1F)=C(/C=N)C(=O)O. The van der Waals surface area contributed by atoms with Gasteiger partial charge >= 0.3 is 5.97 Å². The van der Waals surface area contributed by atoms with Gasteiger partial charge in [-0.3, -0.25) is 0 Å². The van der Waals surface area contributed by atoms with Crippen LogP contribution in [0.15, 0.2) is 23.5 Å². The number of aliphatic carboxylic acids is 1. The summed E-state index contributed by atoms with van der Waals surface area (Å²) >= 11 is 0. The molecule has 0 saturated heterocycles. The van der Waals surface area contributed by atoms with Crippen LogP contribution in [0.3, 0.4) is 0 Å². The van der Waals surface area contributed by atoms with Crippen molar-refractivity contribution in [3.8, 4) is 0 Å². The maximum Gasteiger partial charge on any atom is 0.339 e. The molecule has 0 aliphatic heterocycles.